The van der Waals surface area contributed by atoms with Gasteiger partial charge in [-0.1, -0.05) is 36.4 Å². The minimum absolute atomic E-state index is 0. The summed E-state index contributed by atoms with van der Waals surface area (Å²) in [5, 5.41) is 0. The van der Waals surface area contributed by atoms with E-state index in [9.17, 15) is 67.1 Å². The average molecular weight is 1390 g/mol. The molecular formula is C66H51BF12N15O6. The molecule has 6 N–H and O–H groups in total. The highest BCUT2D eigenvalue weighted by Crippen LogP contribution is 2.49. The number of rotatable bonds is 12. The van der Waals surface area contributed by atoms with E-state index < -0.39 is 104 Å². The molecule has 34 heteroatoms. The third-order valence-electron chi connectivity index (χ3n) is 16.3. The molecule has 3 aliphatic rings. The van der Waals surface area contributed by atoms with Gasteiger partial charge in [-0.25, -0.2) is 58.1 Å². The molecule has 6 heterocycles. The van der Waals surface area contributed by atoms with Crippen molar-refractivity contribution in [1.29, 1.82) is 0 Å². The van der Waals surface area contributed by atoms with E-state index in [0.717, 1.165) is 90.6 Å². The normalized spacial score (nSPS) is 18.2. The first-order valence-corrected chi connectivity index (χ1v) is 28.6. The number of nitrogens with zero attached hydrogens (tertiary/aromatic N) is 12. The average Bonchev–Trinajstić information content (AvgIpc) is 1.52. The number of alkyl halides is 9. The molecule has 0 saturated carbocycles. The molecule has 3 aliphatic heterocycles. The van der Waals surface area contributed by atoms with Crippen LogP contribution in [0.2, 0.25) is 0 Å². The van der Waals surface area contributed by atoms with Gasteiger partial charge in [-0.05, 0) is 106 Å². The third kappa shape index (κ3) is 13.0. The maximum absolute atomic E-state index is 14.7. The number of ether oxygens (including phenoxy) is 3. The Bertz CT molecular complexity index is 4270. The second-order valence-electron chi connectivity index (χ2n) is 21.8. The van der Waals surface area contributed by atoms with Crippen LogP contribution in [0.4, 0.5) is 52.7 Å². The van der Waals surface area contributed by atoms with Crippen LogP contribution in [0.25, 0.3) is 33.4 Å². The molecule has 3 radical (unpaired) electrons. The Morgan fingerprint density at radius 2 is 0.570 bits per heavy atom. The van der Waals surface area contributed by atoms with Gasteiger partial charge in [0, 0.05) is 100 Å². The zero-order chi connectivity index (χ0) is 71.9. The van der Waals surface area contributed by atoms with Gasteiger partial charge in [0.05, 0.1) is 38.0 Å². The Morgan fingerprint density at radius 3 is 0.760 bits per heavy atom. The number of aromatic nitrogens is 6. The molecule has 3 amide bonds. The molecule has 21 nitrogen and oxygen atoms in total. The van der Waals surface area contributed by atoms with E-state index in [0.29, 0.717) is 16.7 Å². The summed E-state index contributed by atoms with van der Waals surface area (Å²) in [7, 11) is 7.39. The number of guanidine groups is 3. The number of hydrogen-bond donors (Lipinski definition) is 3. The van der Waals surface area contributed by atoms with Gasteiger partial charge in [0.2, 0.25) is 0 Å². The minimum Gasteiger partial charge on any atom is -0.496 e. The molecule has 6 aromatic carbocycles. The van der Waals surface area contributed by atoms with Crippen LogP contribution in [0.1, 0.15) is 50.1 Å². The molecule has 100 heavy (non-hydrogen) atoms. The summed E-state index contributed by atoms with van der Waals surface area (Å²) in [5.41, 5.74) is 9.66. The molecule has 3 aromatic heterocycles. The van der Waals surface area contributed by atoms with E-state index >= 15 is 0 Å². The van der Waals surface area contributed by atoms with Crippen LogP contribution in [0, 0.1) is 17.5 Å². The number of amides is 3. The van der Waals surface area contributed by atoms with Crippen LogP contribution in [-0.4, -0.2) is 131 Å². The van der Waals surface area contributed by atoms with Gasteiger partial charge in [0.25, 0.3) is 17.7 Å². The molecule has 513 valence electrons. The van der Waals surface area contributed by atoms with Crippen molar-refractivity contribution in [3.63, 3.8) is 0 Å². The quantitative estimate of drug-likeness (QED) is 0.0758. The maximum atomic E-state index is 14.7. The molecule has 1 unspecified atom stereocenters. The number of aliphatic imine (C=N–C) groups is 3. The van der Waals surface area contributed by atoms with Crippen molar-refractivity contribution in [1.82, 2.24) is 44.6 Å². The number of carbonyl (C=O) groups is 3. The first kappa shape index (κ1) is 72.3. The van der Waals surface area contributed by atoms with Gasteiger partial charge < -0.3 is 31.4 Å². The highest BCUT2D eigenvalue weighted by Gasteiger charge is 2.54. The number of nitrogens with two attached hydrogens (primary N) is 3. The molecule has 12 rings (SSSR count). The van der Waals surface area contributed by atoms with Crippen molar-refractivity contribution < 1.29 is 81.3 Å². The van der Waals surface area contributed by atoms with E-state index in [1.54, 1.807) is 0 Å². The predicted octanol–water partition coefficient (Wildman–Crippen LogP) is 9.64. The van der Waals surface area contributed by atoms with Crippen LogP contribution < -0.4 is 31.4 Å². The van der Waals surface area contributed by atoms with Crippen molar-refractivity contribution in [3.05, 3.63) is 233 Å². The first-order valence-electron chi connectivity index (χ1n) is 28.6. The zero-order valence-corrected chi connectivity index (χ0v) is 52.7. The van der Waals surface area contributed by atoms with Crippen LogP contribution in [0.3, 0.4) is 0 Å². The van der Waals surface area contributed by atoms with Crippen molar-refractivity contribution >= 4 is 44.0 Å². The van der Waals surface area contributed by atoms with E-state index in [2.05, 4.69) is 44.9 Å². The largest absolute Gasteiger partial charge is 0.496 e. The predicted molar refractivity (Wildman–Crippen MR) is 338 cm³/mol. The second kappa shape index (κ2) is 27.5. The monoisotopic (exact) mass is 1390 g/mol. The summed E-state index contributed by atoms with van der Waals surface area (Å²) in [5.74, 6) is -5.83. The molecule has 0 aliphatic carbocycles. The molecule has 3 atom stereocenters. The summed E-state index contributed by atoms with van der Waals surface area (Å²) in [6.07, 6.45) is -2.25. The summed E-state index contributed by atoms with van der Waals surface area (Å²) >= 11 is 0. The van der Waals surface area contributed by atoms with E-state index in [-0.39, 0.29) is 76.4 Å². The van der Waals surface area contributed by atoms with Crippen LogP contribution >= 0.6 is 0 Å². The van der Waals surface area contributed by atoms with Gasteiger partial charge >= 0.3 is 18.5 Å². The number of halogens is 12. The summed E-state index contributed by atoms with van der Waals surface area (Å²) in [6, 6.07) is 20.8. The van der Waals surface area contributed by atoms with Crippen LogP contribution in [0.5, 0.6) is 17.2 Å². The number of carbonyl (C=O) groups excluding carboxylic acids is 3. The highest BCUT2D eigenvalue weighted by atomic mass is 19.4. The molecule has 0 bridgehead atoms. The maximum Gasteiger partial charge on any atom is 0.419 e. The van der Waals surface area contributed by atoms with Gasteiger partial charge in [-0.2, -0.15) is 39.5 Å². The minimum atomic E-state index is -4.76. The number of hydrogen-bond acceptors (Lipinski definition) is 18. The van der Waals surface area contributed by atoms with Crippen LogP contribution in [-0.2, 0) is 49.5 Å². The van der Waals surface area contributed by atoms with Crippen LogP contribution in [0.15, 0.2) is 180 Å². The van der Waals surface area contributed by atoms with Gasteiger partial charge in [-0.15, -0.1) is 0 Å². The fourth-order valence-electron chi connectivity index (χ4n) is 11.2. The van der Waals surface area contributed by atoms with E-state index in [1.165, 1.54) is 132 Å². The summed E-state index contributed by atoms with van der Waals surface area (Å²) < 4.78 is 182. The van der Waals surface area contributed by atoms with Gasteiger partial charge in [0.1, 0.15) is 53.7 Å². The zero-order valence-electron chi connectivity index (χ0n) is 52.7. The second-order valence-corrected chi connectivity index (χ2v) is 21.8. The lowest BCUT2D eigenvalue weighted by Gasteiger charge is -2.27. The molecular weight excluding hydrogens is 1340 g/mol. The standard InChI is InChI=1S/3C22H17F4N5O2.B/c3*1-31-19(32)21(30-20(31)27,14-4-6-18(33-2)16(8-14)22(24,25)26)13-3-5-17(23)15(7-13)12-9-28-11-29-10-12;/h3*3-11H,1-2H3,(H2,27,30);/t2*21-;;/m10../s1. The number of benzene rings is 6. The summed E-state index contributed by atoms with van der Waals surface area (Å²) in [6.45, 7) is 0. The Labute approximate surface area is 561 Å². The Hall–Kier alpha value is -12.0. The van der Waals surface area contributed by atoms with Crippen molar-refractivity contribution in [2.45, 2.75) is 35.1 Å². The SMILES string of the molecule is COc1ccc(C2(c3ccc(F)c(-c4cncnc4)c3)N=C(N)N(C)C2=O)cc1C(F)(F)F.COc1ccc([C@@]2(c3ccc(F)c(-c4cncnc4)c3)N=C(N)N(C)C2=O)cc1C(F)(F)F.COc1ccc([C@]2(c3ccc(F)c(-c4cncnc4)c3)N=C(N)N(C)C2=O)cc1C(F)(F)F.[B]. The van der Waals surface area contributed by atoms with Crippen molar-refractivity contribution in [2.24, 2.45) is 32.2 Å². The van der Waals surface area contributed by atoms with Gasteiger partial charge in [-0.3, -0.25) is 29.1 Å². The molecule has 0 fully saturated rings. The smallest absolute Gasteiger partial charge is 0.419 e. The topological polar surface area (TPSA) is 281 Å². The van der Waals surface area contributed by atoms with Gasteiger partial charge in [0.15, 0.2) is 34.5 Å². The molecule has 0 saturated heterocycles. The fourth-order valence-corrected chi connectivity index (χ4v) is 11.2. The number of methoxy groups -OCH3 is 3. The third-order valence-corrected chi connectivity index (χ3v) is 16.3. The number of likely N-dealkylation sites (N-methyl/N-ethyl adjacent to an activating group) is 3. The fraction of sp³-hybridized carbons (Fsp3) is 0.182. The van der Waals surface area contributed by atoms with E-state index in [1.807, 2.05) is 0 Å². The summed E-state index contributed by atoms with van der Waals surface area (Å²) in [4.78, 5) is 79.3. The highest BCUT2D eigenvalue weighted by molar-refractivity contribution is 6.11. The molecule has 0 spiro atoms. The van der Waals surface area contributed by atoms with Crippen molar-refractivity contribution in [2.75, 3.05) is 42.5 Å². The first-order chi connectivity index (χ1) is 46.8. The lowest BCUT2D eigenvalue weighted by atomic mass is 9.81. The lowest BCUT2D eigenvalue weighted by Crippen LogP contribution is -2.41. The lowest BCUT2D eigenvalue weighted by molar-refractivity contribution is -0.139. The van der Waals surface area contributed by atoms with Crippen molar-refractivity contribution in [3.8, 4) is 50.6 Å². The Balaban J connectivity index is 0.000000174. The Morgan fingerprint density at radius 1 is 0.360 bits per heavy atom. The molecule has 9 aromatic rings. The van der Waals surface area contributed by atoms with E-state index in [4.69, 9.17) is 31.4 Å². The Kier molecular flexibility index (Phi) is 19.9.